The van der Waals surface area contributed by atoms with Crippen LogP contribution in [-0.4, -0.2) is 20.6 Å². The van der Waals surface area contributed by atoms with E-state index in [0.717, 1.165) is 22.7 Å². The summed E-state index contributed by atoms with van der Waals surface area (Å²) < 4.78 is 2.14. The van der Waals surface area contributed by atoms with Crippen LogP contribution < -0.4 is 0 Å². The van der Waals surface area contributed by atoms with Crippen LogP contribution in [0.5, 0.6) is 0 Å². The van der Waals surface area contributed by atoms with Gasteiger partial charge in [-0.15, -0.1) is 0 Å². The minimum absolute atomic E-state index is 0.0846. The summed E-state index contributed by atoms with van der Waals surface area (Å²) in [4.78, 5) is 17.2. The van der Waals surface area contributed by atoms with Gasteiger partial charge in [-0.1, -0.05) is 35.5 Å². The van der Waals surface area contributed by atoms with Gasteiger partial charge in [0.1, 0.15) is 0 Å². The highest BCUT2D eigenvalue weighted by atomic mass is 35.5. The van der Waals surface area contributed by atoms with E-state index in [0.29, 0.717) is 10.6 Å². The third kappa shape index (κ3) is 3.28. The Morgan fingerprint density at radius 2 is 1.91 bits per heavy atom. The molecule has 3 aromatic rings. The predicted molar refractivity (Wildman–Crippen MR) is 96.5 cm³/mol. The van der Waals surface area contributed by atoms with Crippen molar-refractivity contribution in [2.24, 2.45) is 0 Å². The van der Waals surface area contributed by atoms with Crippen molar-refractivity contribution in [1.82, 2.24) is 9.55 Å². The lowest BCUT2D eigenvalue weighted by molar-refractivity contribution is 0.0994. The number of hydrogen-bond acceptors (Lipinski definition) is 3. The highest BCUT2D eigenvalue weighted by Crippen LogP contribution is 2.29. The van der Waals surface area contributed by atoms with Crippen molar-refractivity contribution in [1.29, 1.82) is 0 Å². The number of halogens is 1. The lowest BCUT2D eigenvalue weighted by Gasteiger charge is -2.11. The second-order valence-electron chi connectivity index (χ2n) is 5.26. The first-order chi connectivity index (χ1) is 11.1. The lowest BCUT2D eigenvalue weighted by atomic mass is 10.1. The zero-order valence-corrected chi connectivity index (χ0v) is 14.6. The molecule has 0 saturated heterocycles. The summed E-state index contributed by atoms with van der Waals surface area (Å²) >= 11 is 7.38. The Morgan fingerprint density at radius 1 is 1.22 bits per heavy atom. The monoisotopic (exact) mass is 344 g/mol. The minimum Gasteiger partial charge on any atom is -0.319 e. The molecule has 0 aliphatic carbocycles. The van der Waals surface area contributed by atoms with Crippen LogP contribution >= 0.6 is 23.4 Å². The van der Waals surface area contributed by atoms with Crippen LogP contribution in [0.1, 0.15) is 24.2 Å². The Kier molecular flexibility index (Phi) is 4.74. The molecule has 1 atom stereocenters. The molecular formula is C18H17ClN2OS. The SMILES string of the molecule is CCn1c(S[C@H](C)C(=O)c2ccc(Cl)cc2)nc2ccccc21. The maximum Gasteiger partial charge on any atom is 0.175 e. The number of thioether (sulfide) groups is 1. The Labute approximate surface area is 144 Å². The largest absolute Gasteiger partial charge is 0.319 e. The molecule has 1 aromatic heterocycles. The van der Waals surface area contributed by atoms with Gasteiger partial charge in [0.25, 0.3) is 0 Å². The van der Waals surface area contributed by atoms with Gasteiger partial charge in [-0.2, -0.15) is 0 Å². The maximum atomic E-state index is 12.6. The number of carbonyl (C=O) groups excluding carboxylic acids is 1. The molecule has 0 aliphatic heterocycles. The summed E-state index contributed by atoms with van der Waals surface area (Å²) in [7, 11) is 0. The first-order valence-electron chi connectivity index (χ1n) is 7.52. The zero-order chi connectivity index (χ0) is 16.4. The fourth-order valence-electron chi connectivity index (χ4n) is 2.51. The van der Waals surface area contributed by atoms with E-state index in [4.69, 9.17) is 11.6 Å². The van der Waals surface area contributed by atoms with Gasteiger partial charge < -0.3 is 4.57 Å². The summed E-state index contributed by atoms with van der Waals surface area (Å²) in [6, 6.07) is 15.1. The van der Waals surface area contributed by atoms with Crippen molar-refractivity contribution >= 4 is 40.2 Å². The summed E-state index contributed by atoms with van der Waals surface area (Å²) in [6.45, 7) is 4.83. The molecular weight excluding hydrogens is 328 g/mol. The number of Topliss-reactive ketones (excluding diaryl/α,β-unsaturated/α-hetero) is 1. The van der Waals surface area contributed by atoms with Crippen LogP contribution in [-0.2, 0) is 6.54 Å². The molecule has 0 radical (unpaired) electrons. The summed E-state index contributed by atoms with van der Waals surface area (Å²) in [5.74, 6) is 0.0846. The second kappa shape index (κ2) is 6.77. The quantitative estimate of drug-likeness (QED) is 0.478. The molecule has 5 heteroatoms. The van der Waals surface area contributed by atoms with E-state index in [9.17, 15) is 4.79 Å². The molecule has 0 N–H and O–H groups in total. The van der Waals surface area contributed by atoms with Crippen molar-refractivity contribution in [3.05, 3.63) is 59.1 Å². The fourth-order valence-corrected chi connectivity index (χ4v) is 3.70. The molecule has 118 valence electrons. The number of nitrogens with zero attached hydrogens (tertiary/aromatic N) is 2. The molecule has 3 nitrogen and oxygen atoms in total. The van der Waals surface area contributed by atoms with E-state index in [1.807, 2.05) is 25.1 Å². The normalized spacial score (nSPS) is 12.5. The minimum atomic E-state index is -0.210. The molecule has 1 heterocycles. The van der Waals surface area contributed by atoms with Gasteiger partial charge in [0.05, 0.1) is 16.3 Å². The van der Waals surface area contributed by atoms with Gasteiger partial charge in [0, 0.05) is 17.1 Å². The van der Waals surface area contributed by atoms with Gasteiger partial charge in [0.2, 0.25) is 0 Å². The predicted octanol–water partition coefficient (Wildman–Crippen LogP) is 5.07. The molecule has 3 rings (SSSR count). The summed E-state index contributed by atoms with van der Waals surface area (Å²) in [5, 5.41) is 1.30. The van der Waals surface area contributed by atoms with E-state index in [1.54, 1.807) is 24.3 Å². The number of aryl methyl sites for hydroxylation is 1. The standard InChI is InChI=1S/C18H17ClN2OS/c1-3-21-16-7-5-4-6-15(16)20-18(21)23-12(2)17(22)13-8-10-14(19)11-9-13/h4-12H,3H2,1-2H3/t12-/m1/s1. The number of imidazole rings is 1. The first kappa shape index (κ1) is 16.1. The van der Waals surface area contributed by atoms with Crippen molar-refractivity contribution in [2.75, 3.05) is 0 Å². The van der Waals surface area contributed by atoms with Crippen LogP contribution in [0.2, 0.25) is 5.02 Å². The smallest absolute Gasteiger partial charge is 0.175 e. The third-order valence-corrected chi connectivity index (χ3v) is 5.06. The molecule has 2 aromatic carbocycles. The van der Waals surface area contributed by atoms with Crippen molar-refractivity contribution in [3.8, 4) is 0 Å². The van der Waals surface area contributed by atoms with Crippen LogP contribution in [0.25, 0.3) is 11.0 Å². The summed E-state index contributed by atoms with van der Waals surface area (Å²) in [5.41, 5.74) is 2.74. The molecule has 0 unspecified atom stereocenters. The number of benzene rings is 2. The number of rotatable bonds is 5. The number of para-hydroxylation sites is 2. The Balaban J connectivity index is 1.86. The van der Waals surface area contributed by atoms with E-state index in [-0.39, 0.29) is 11.0 Å². The lowest BCUT2D eigenvalue weighted by Crippen LogP contribution is -2.14. The number of fused-ring (bicyclic) bond motifs is 1. The molecule has 0 aliphatic rings. The Morgan fingerprint density at radius 3 is 2.61 bits per heavy atom. The van der Waals surface area contributed by atoms with Gasteiger partial charge in [-0.05, 0) is 50.2 Å². The van der Waals surface area contributed by atoms with E-state index in [1.165, 1.54) is 11.8 Å². The highest BCUT2D eigenvalue weighted by molar-refractivity contribution is 8.00. The van der Waals surface area contributed by atoms with Crippen LogP contribution in [0.15, 0.2) is 53.7 Å². The fraction of sp³-hybridized carbons (Fsp3) is 0.222. The van der Waals surface area contributed by atoms with E-state index >= 15 is 0 Å². The van der Waals surface area contributed by atoms with Crippen LogP contribution in [0.4, 0.5) is 0 Å². The third-order valence-electron chi connectivity index (χ3n) is 3.72. The molecule has 0 amide bonds. The van der Waals surface area contributed by atoms with Crippen LogP contribution in [0, 0.1) is 0 Å². The maximum absolute atomic E-state index is 12.6. The Hall–Kier alpha value is -1.78. The molecule has 0 bridgehead atoms. The van der Waals surface area contributed by atoms with Gasteiger partial charge in [-0.3, -0.25) is 4.79 Å². The average molecular weight is 345 g/mol. The average Bonchev–Trinajstić information content (AvgIpc) is 2.91. The van der Waals surface area contributed by atoms with Crippen molar-refractivity contribution in [3.63, 3.8) is 0 Å². The van der Waals surface area contributed by atoms with Gasteiger partial charge >= 0.3 is 0 Å². The molecule has 23 heavy (non-hydrogen) atoms. The van der Waals surface area contributed by atoms with Crippen molar-refractivity contribution in [2.45, 2.75) is 30.8 Å². The molecule has 0 fully saturated rings. The summed E-state index contributed by atoms with van der Waals surface area (Å²) in [6.07, 6.45) is 0. The van der Waals surface area contributed by atoms with Gasteiger partial charge in [0.15, 0.2) is 10.9 Å². The second-order valence-corrected chi connectivity index (χ2v) is 7.00. The van der Waals surface area contributed by atoms with E-state index < -0.39 is 0 Å². The number of carbonyl (C=O) groups is 1. The Bertz CT molecular complexity index is 842. The topological polar surface area (TPSA) is 34.9 Å². The number of aromatic nitrogens is 2. The molecule has 0 saturated carbocycles. The molecule has 0 spiro atoms. The van der Waals surface area contributed by atoms with Gasteiger partial charge in [-0.25, -0.2) is 4.98 Å². The van der Waals surface area contributed by atoms with Crippen LogP contribution in [0.3, 0.4) is 0 Å². The highest BCUT2D eigenvalue weighted by Gasteiger charge is 2.20. The number of ketones is 1. The zero-order valence-electron chi connectivity index (χ0n) is 13.0. The van der Waals surface area contributed by atoms with E-state index in [2.05, 4.69) is 22.5 Å². The first-order valence-corrected chi connectivity index (χ1v) is 8.77. The van der Waals surface area contributed by atoms with Crippen molar-refractivity contribution < 1.29 is 4.79 Å². The number of hydrogen-bond donors (Lipinski definition) is 0.